The Balaban J connectivity index is 1.80. The molecule has 2 aromatic rings. The molecular weight excluding hydrogens is 324 g/mol. The van der Waals surface area contributed by atoms with Gasteiger partial charge in [0.15, 0.2) is 5.96 Å². The highest BCUT2D eigenvalue weighted by atomic mass is 35.5. The lowest BCUT2D eigenvalue weighted by Gasteiger charge is -2.13. The summed E-state index contributed by atoms with van der Waals surface area (Å²) in [4.78, 5) is 8.39. The van der Waals surface area contributed by atoms with Crippen LogP contribution in [0.15, 0.2) is 47.6 Å². The minimum Gasteiger partial charge on any atom is -0.478 e. The van der Waals surface area contributed by atoms with Gasteiger partial charge in [-0.3, -0.25) is 4.99 Å². The fourth-order valence-corrected chi connectivity index (χ4v) is 2.44. The van der Waals surface area contributed by atoms with Gasteiger partial charge in [-0.1, -0.05) is 29.8 Å². The van der Waals surface area contributed by atoms with Crippen LogP contribution in [-0.4, -0.2) is 31.1 Å². The number of pyridine rings is 1. The third-order valence-electron chi connectivity index (χ3n) is 3.42. The van der Waals surface area contributed by atoms with E-state index in [9.17, 15) is 0 Å². The van der Waals surface area contributed by atoms with Crippen LogP contribution in [0.2, 0.25) is 5.02 Å². The highest BCUT2D eigenvalue weighted by Crippen LogP contribution is 2.14. The Bertz CT molecular complexity index is 676. The second-order valence-electron chi connectivity index (χ2n) is 5.13. The minimum absolute atomic E-state index is 0.606. The minimum atomic E-state index is 0.606. The SMILES string of the molecule is CCOc1cc(CNC(=NC)NCCc2ccccc2Cl)ccn1. The molecule has 1 heterocycles. The predicted octanol–water partition coefficient (Wildman–Crippen LogP) is 3.04. The van der Waals surface area contributed by atoms with Gasteiger partial charge in [-0.2, -0.15) is 0 Å². The second-order valence-corrected chi connectivity index (χ2v) is 5.54. The van der Waals surface area contributed by atoms with E-state index in [1.54, 1.807) is 13.2 Å². The maximum atomic E-state index is 6.16. The lowest BCUT2D eigenvalue weighted by Crippen LogP contribution is -2.37. The molecule has 24 heavy (non-hydrogen) atoms. The van der Waals surface area contributed by atoms with Crippen molar-refractivity contribution in [2.24, 2.45) is 4.99 Å². The topological polar surface area (TPSA) is 58.5 Å². The molecule has 0 bridgehead atoms. The van der Waals surface area contributed by atoms with Crippen LogP contribution >= 0.6 is 11.6 Å². The first kappa shape index (κ1) is 18.1. The number of guanidine groups is 1. The summed E-state index contributed by atoms with van der Waals surface area (Å²) in [5, 5.41) is 7.36. The highest BCUT2D eigenvalue weighted by Gasteiger charge is 2.02. The molecule has 0 radical (unpaired) electrons. The molecule has 0 unspecified atom stereocenters. The molecule has 0 saturated heterocycles. The summed E-state index contributed by atoms with van der Waals surface area (Å²) in [7, 11) is 1.75. The van der Waals surface area contributed by atoms with Gasteiger partial charge >= 0.3 is 0 Å². The van der Waals surface area contributed by atoms with Crippen molar-refractivity contribution < 1.29 is 4.74 Å². The van der Waals surface area contributed by atoms with E-state index in [1.807, 2.05) is 43.3 Å². The van der Waals surface area contributed by atoms with E-state index in [-0.39, 0.29) is 0 Å². The quantitative estimate of drug-likeness (QED) is 0.597. The standard InChI is InChI=1S/C18H23ClN4O/c1-3-24-17-12-14(8-10-21-17)13-23-18(20-2)22-11-9-15-6-4-5-7-16(15)19/h4-8,10,12H,3,9,11,13H2,1-2H3,(H2,20,22,23). The van der Waals surface area contributed by atoms with Crippen molar-refractivity contribution >= 4 is 17.6 Å². The Morgan fingerprint density at radius 2 is 2.08 bits per heavy atom. The van der Waals surface area contributed by atoms with Gasteiger partial charge in [0, 0.05) is 37.4 Å². The van der Waals surface area contributed by atoms with Crippen LogP contribution < -0.4 is 15.4 Å². The van der Waals surface area contributed by atoms with Gasteiger partial charge in [0.1, 0.15) is 0 Å². The molecule has 2 N–H and O–H groups in total. The number of hydrogen-bond donors (Lipinski definition) is 2. The lowest BCUT2D eigenvalue weighted by atomic mass is 10.1. The molecule has 0 aliphatic carbocycles. The van der Waals surface area contributed by atoms with Crippen molar-refractivity contribution in [1.82, 2.24) is 15.6 Å². The Labute approximate surface area is 148 Å². The maximum absolute atomic E-state index is 6.16. The smallest absolute Gasteiger partial charge is 0.213 e. The molecule has 0 atom stereocenters. The molecule has 6 heteroatoms. The first-order valence-electron chi connectivity index (χ1n) is 7.98. The molecule has 128 valence electrons. The van der Waals surface area contributed by atoms with E-state index >= 15 is 0 Å². The molecule has 0 saturated carbocycles. The monoisotopic (exact) mass is 346 g/mol. The zero-order chi connectivity index (χ0) is 17.2. The Hall–Kier alpha value is -2.27. The van der Waals surface area contributed by atoms with Gasteiger partial charge in [-0.15, -0.1) is 0 Å². The van der Waals surface area contributed by atoms with Gasteiger partial charge < -0.3 is 15.4 Å². The van der Waals surface area contributed by atoms with Crippen LogP contribution in [0.5, 0.6) is 5.88 Å². The van der Waals surface area contributed by atoms with Crippen LogP contribution in [0.1, 0.15) is 18.1 Å². The summed E-state index contributed by atoms with van der Waals surface area (Å²) in [6.45, 7) is 3.95. The number of aliphatic imine (C=N–C) groups is 1. The molecule has 1 aromatic carbocycles. The second kappa shape index (κ2) is 9.78. The molecule has 0 amide bonds. The maximum Gasteiger partial charge on any atom is 0.213 e. The van der Waals surface area contributed by atoms with Gasteiger partial charge in [-0.25, -0.2) is 4.98 Å². The fraction of sp³-hybridized carbons (Fsp3) is 0.333. The summed E-state index contributed by atoms with van der Waals surface area (Å²) in [6, 6.07) is 11.7. The Morgan fingerprint density at radius 3 is 2.83 bits per heavy atom. The normalized spacial score (nSPS) is 11.2. The molecule has 2 rings (SSSR count). The van der Waals surface area contributed by atoms with E-state index < -0.39 is 0 Å². The average molecular weight is 347 g/mol. The van der Waals surface area contributed by atoms with Crippen LogP contribution in [-0.2, 0) is 13.0 Å². The molecule has 5 nitrogen and oxygen atoms in total. The average Bonchev–Trinajstić information content (AvgIpc) is 2.60. The first-order valence-corrected chi connectivity index (χ1v) is 8.36. The highest BCUT2D eigenvalue weighted by molar-refractivity contribution is 6.31. The van der Waals surface area contributed by atoms with Gasteiger partial charge in [-0.05, 0) is 36.6 Å². The lowest BCUT2D eigenvalue weighted by molar-refractivity contribution is 0.326. The first-order chi connectivity index (χ1) is 11.7. The summed E-state index contributed by atoms with van der Waals surface area (Å²) >= 11 is 6.16. The Morgan fingerprint density at radius 1 is 1.25 bits per heavy atom. The number of rotatable bonds is 7. The van der Waals surface area contributed by atoms with Crippen molar-refractivity contribution in [3.63, 3.8) is 0 Å². The molecule has 0 aliphatic rings. The summed E-state index contributed by atoms with van der Waals surface area (Å²) in [5.74, 6) is 1.38. The van der Waals surface area contributed by atoms with Crippen molar-refractivity contribution in [3.8, 4) is 5.88 Å². The van der Waals surface area contributed by atoms with Crippen molar-refractivity contribution in [2.45, 2.75) is 19.9 Å². The van der Waals surface area contributed by atoms with E-state index in [1.165, 1.54) is 0 Å². The molecule has 0 aliphatic heterocycles. The number of halogens is 1. The van der Waals surface area contributed by atoms with E-state index in [4.69, 9.17) is 16.3 Å². The van der Waals surface area contributed by atoms with Crippen LogP contribution in [0, 0.1) is 0 Å². The van der Waals surface area contributed by atoms with Crippen molar-refractivity contribution in [3.05, 3.63) is 58.7 Å². The van der Waals surface area contributed by atoms with Gasteiger partial charge in [0.05, 0.1) is 6.61 Å². The number of nitrogens with zero attached hydrogens (tertiary/aromatic N) is 2. The summed E-state index contributed by atoms with van der Waals surface area (Å²) < 4.78 is 5.41. The molecular formula is C18H23ClN4O. The summed E-state index contributed by atoms with van der Waals surface area (Å²) in [6.07, 6.45) is 2.58. The largest absolute Gasteiger partial charge is 0.478 e. The van der Waals surface area contributed by atoms with Gasteiger partial charge in [0.2, 0.25) is 5.88 Å². The third kappa shape index (κ3) is 5.74. The third-order valence-corrected chi connectivity index (χ3v) is 3.79. The zero-order valence-electron chi connectivity index (χ0n) is 14.1. The number of aromatic nitrogens is 1. The zero-order valence-corrected chi connectivity index (χ0v) is 14.8. The van der Waals surface area contributed by atoms with E-state index in [0.29, 0.717) is 19.0 Å². The van der Waals surface area contributed by atoms with Crippen molar-refractivity contribution in [2.75, 3.05) is 20.2 Å². The number of ether oxygens (including phenoxy) is 1. The van der Waals surface area contributed by atoms with Crippen LogP contribution in [0.3, 0.4) is 0 Å². The molecule has 0 spiro atoms. The van der Waals surface area contributed by atoms with Crippen LogP contribution in [0.4, 0.5) is 0 Å². The fourth-order valence-electron chi connectivity index (χ4n) is 2.21. The Kier molecular flexibility index (Phi) is 7.36. The number of nitrogens with one attached hydrogen (secondary N) is 2. The van der Waals surface area contributed by atoms with E-state index in [2.05, 4.69) is 20.6 Å². The number of hydrogen-bond acceptors (Lipinski definition) is 3. The number of benzene rings is 1. The van der Waals surface area contributed by atoms with E-state index in [0.717, 1.165) is 35.1 Å². The molecule has 1 aromatic heterocycles. The molecule has 0 fully saturated rings. The van der Waals surface area contributed by atoms with Crippen molar-refractivity contribution in [1.29, 1.82) is 0 Å². The predicted molar refractivity (Wildman–Crippen MR) is 98.8 cm³/mol. The van der Waals surface area contributed by atoms with Gasteiger partial charge in [0.25, 0.3) is 0 Å². The van der Waals surface area contributed by atoms with Crippen LogP contribution in [0.25, 0.3) is 0 Å². The summed E-state index contributed by atoms with van der Waals surface area (Å²) in [5.41, 5.74) is 2.21.